The maximum absolute atomic E-state index is 14.8. The van der Waals surface area contributed by atoms with Crippen molar-refractivity contribution in [1.29, 1.82) is 0 Å². The Hall–Kier alpha value is -3.99. The van der Waals surface area contributed by atoms with E-state index >= 15 is 0 Å². The molecule has 39 heavy (non-hydrogen) atoms. The Labute approximate surface area is 226 Å². The van der Waals surface area contributed by atoms with Crippen molar-refractivity contribution in [2.45, 2.75) is 57.0 Å². The van der Waals surface area contributed by atoms with Crippen LogP contribution in [0.25, 0.3) is 10.9 Å². The van der Waals surface area contributed by atoms with Crippen LogP contribution in [0.2, 0.25) is 0 Å². The van der Waals surface area contributed by atoms with E-state index in [1.807, 2.05) is 23.1 Å². The molecule has 10 nitrogen and oxygen atoms in total. The van der Waals surface area contributed by atoms with Gasteiger partial charge in [0.05, 0.1) is 17.7 Å². The number of pyridine rings is 2. The third-order valence-electron chi connectivity index (χ3n) is 7.30. The number of nitrogens with one attached hydrogen (secondary N) is 2. The highest BCUT2D eigenvalue weighted by atomic mass is 19.1. The number of likely N-dealkylation sites (tertiary alicyclic amines) is 1. The highest BCUT2D eigenvalue weighted by Gasteiger charge is 2.24. The molecule has 0 unspecified atom stereocenters. The van der Waals surface area contributed by atoms with E-state index < -0.39 is 11.7 Å². The first kappa shape index (κ1) is 26.6. The van der Waals surface area contributed by atoms with E-state index in [0.717, 1.165) is 62.0 Å². The minimum atomic E-state index is -0.789. The maximum atomic E-state index is 14.8. The number of amides is 2. The zero-order valence-electron chi connectivity index (χ0n) is 21.8. The first-order chi connectivity index (χ1) is 18.9. The number of nitrogens with zero attached hydrogens (tertiary/aromatic N) is 3. The number of aromatic nitrogens is 2. The number of nitrogens with two attached hydrogens (primary N) is 2. The molecule has 3 aromatic rings. The molecule has 1 aliphatic heterocycles. The number of carbonyl (C=O) groups is 2. The lowest BCUT2D eigenvalue weighted by Crippen LogP contribution is -2.43. The van der Waals surface area contributed by atoms with E-state index in [1.54, 1.807) is 12.1 Å². The minimum Gasteiger partial charge on any atom is -0.478 e. The predicted octanol–water partition coefficient (Wildman–Crippen LogP) is 3.68. The fraction of sp³-hybridized carbons (Fsp3) is 0.429. The molecule has 2 fully saturated rings. The Morgan fingerprint density at radius 1 is 1.10 bits per heavy atom. The number of rotatable bonds is 10. The number of carbonyl (C=O) groups excluding carboxylic acids is 2. The molecule has 6 N–H and O–H groups in total. The fourth-order valence-electron chi connectivity index (χ4n) is 5.16. The highest BCUT2D eigenvalue weighted by Crippen LogP contribution is 2.28. The molecule has 0 bridgehead atoms. The van der Waals surface area contributed by atoms with Crippen LogP contribution in [0.15, 0.2) is 36.4 Å². The van der Waals surface area contributed by atoms with Crippen molar-refractivity contribution in [2.24, 2.45) is 11.5 Å². The molecule has 1 aliphatic carbocycles. The Balaban J connectivity index is 1.27. The van der Waals surface area contributed by atoms with Crippen LogP contribution in [0.3, 0.4) is 0 Å². The second-order valence-corrected chi connectivity index (χ2v) is 10.1. The van der Waals surface area contributed by atoms with Gasteiger partial charge in [0.1, 0.15) is 5.82 Å². The first-order valence-electron chi connectivity index (χ1n) is 13.5. The SMILES string of the molecule is NC(=O)c1cc(F)c(N[C@@H]2CCCC[C@@H]2N)nc1Nc1ccc2nc(OCCCN3CCCC3=O)ccc2c1. The molecule has 3 heterocycles. The summed E-state index contributed by atoms with van der Waals surface area (Å²) in [5.41, 5.74) is 13.0. The molecule has 1 aromatic carbocycles. The van der Waals surface area contributed by atoms with Gasteiger partial charge in [-0.05, 0) is 56.0 Å². The summed E-state index contributed by atoms with van der Waals surface area (Å²) < 4.78 is 20.6. The number of ether oxygens (including phenoxy) is 1. The van der Waals surface area contributed by atoms with E-state index in [2.05, 4.69) is 20.6 Å². The number of hydrogen-bond acceptors (Lipinski definition) is 8. The zero-order valence-corrected chi connectivity index (χ0v) is 21.8. The van der Waals surface area contributed by atoms with E-state index in [0.29, 0.717) is 31.1 Å². The van der Waals surface area contributed by atoms with Gasteiger partial charge in [-0.15, -0.1) is 0 Å². The molecule has 1 saturated carbocycles. The van der Waals surface area contributed by atoms with Crippen molar-refractivity contribution >= 4 is 40.0 Å². The summed E-state index contributed by atoms with van der Waals surface area (Å²) in [7, 11) is 0. The predicted molar refractivity (Wildman–Crippen MR) is 148 cm³/mol. The number of anilines is 3. The molecule has 5 rings (SSSR count). The minimum absolute atomic E-state index is 0.0307. The molecule has 1 saturated heterocycles. The van der Waals surface area contributed by atoms with E-state index in [4.69, 9.17) is 16.2 Å². The quantitative estimate of drug-likeness (QED) is 0.287. The second-order valence-electron chi connectivity index (χ2n) is 10.1. The summed E-state index contributed by atoms with van der Waals surface area (Å²) in [5, 5.41) is 7.06. The molecule has 2 aromatic heterocycles. The lowest BCUT2D eigenvalue weighted by Gasteiger charge is -2.30. The molecular formula is C28H34FN7O3. The topological polar surface area (TPSA) is 148 Å². The van der Waals surface area contributed by atoms with Crippen LogP contribution in [0.4, 0.5) is 21.7 Å². The van der Waals surface area contributed by atoms with Gasteiger partial charge in [0.2, 0.25) is 11.8 Å². The number of benzene rings is 1. The average Bonchev–Trinajstić information content (AvgIpc) is 3.33. The Bertz CT molecular complexity index is 1370. The zero-order chi connectivity index (χ0) is 27.4. The van der Waals surface area contributed by atoms with E-state index in [9.17, 15) is 14.0 Å². The van der Waals surface area contributed by atoms with Crippen molar-refractivity contribution in [3.05, 3.63) is 47.8 Å². The number of hydrogen-bond donors (Lipinski definition) is 4. The van der Waals surface area contributed by atoms with Crippen molar-refractivity contribution < 1.29 is 18.7 Å². The van der Waals surface area contributed by atoms with Crippen LogP contribution >= 0.6 is 0 Å². The summed E-state index contributed by atoms with van der Waals surface area (Å²) in [4.78, 5) is 34.6. The summed E-state index contributed by atoms with van der Waals surface area (Å²) >= 11 is 0. The van der Waals surface area contributed by atoms with Gasteiger partial charge >= 0.3 is 0 Å². The average molecular weight is 536 g/mol. The normalized spacial score (nSPS) is 19.3. The largest absolute Gasteiger partial charge is 0.478 e. The van der Waals surface area contributed by atoms with Crippen molar-refractivity contribution in [3.63, 3.8) is 0 Å². The van der Waals surface area contributed by atoms with Gasteiger partial charge in [0.15, 0.2) is 11.6 Å². The smallest absolute Gasteiger partial charge is 0.252 e. The lowest BCUT2D eigenvalue weighted by atomic mass is 9.91. The van der Waals surface area contributed by atoms with Crippen molar-refractivity contribution in [1.82, 2.24) is 14.9 Å². The van der Waals surface area contributed by atoms with Gasteiger partial charge in [-0.1, -0.05) is 12.8 Å². The summed E-state index contributed by atoms with van der Waals surface area (Å²) in [6.07, 6.45) is 6.05. The Morgan fingerprint density at radius 2 is 1.95 bits per heavy atom. The maximum Gasteiger partial charge on any atom is 0.252 e. The molecule has 0 spiro atoms. The van der Waals surface area contributed by atoms with Gasteiger partial charge in [-0.25, -0.2) is 14.4 Å². The number of primary amides is 1. The molecule has 2 atom stereocenters. The van der Waals surface area contributed by atoms with Crippen LogP contribution in [0.5, 0.6) is 5.88 Å². The molecule has 206 valence electrons. The molecule has 11 heteroatoms. The molecule has 0 radical (unpaired) electrons. The van der Waals surface area contributed by atoms with Crippen LogP contribution in [0.1, 0.15) is 55.3 Å². The molecule has 2 amide bonds. The van der Waals surface area contributed by atoms with Crippen LogP contribution in [-0.2, 0) is 4.79 Å². The van der Waals surface area contributed by atoms with Gasteiger partial charge < -0.3 is 31.7 Å². The highest BCUT2D eigenvalue weighted by molar-refractivity contribution is 5.99. The van der Waals surface area contributed by atoms with E-state index in [1.165, 1.54) is 0 Å². The van der Waals surface area contributed by atoms with Crippen molar-refractivity contribution in [3.8, 4) is 5.88 Å². The first-order valence-corrected chi connectivity index (χ1v) is 13.5. The standard InChI is InChI=1S/C28H34FN7O3/c29-20-16-19(26(31)38)27(35-28(20)34-23-6-2-1-5-21(23)30)32-18-9-10-22-17(15-18)8-11-24(33-22)39-14-4-13-36-12-3-7-25(36)37/h8-11,15-16,21,23H,1-7,12-14,30H2,(H2,31,38)(H2,32,34,35)/t21-,23+/m0/s1. The summed E-state index contributed by atoms with van der Waals surface area (Å²) in [6.45, 7) is 1.98. The van der Waals surface area contributed by atoms with Crippen LogP contribution < -0.4 is 26.8 Å². The summed E-state index contributed by atoms with van der Waals surface area (Å²) in [5.74, 6) is -0.549. The lowest BCUT2D eigenvalue weighted by molar-refractivity contribution is -0.127. The Morgan fingerprint density at radius 3 is 2.72 bits per heavy atom. The van der Waals surface area contributed by atoms with Gasteiger partial charge in [0, 0.05) is 48.7 Å². The second kappa shape index (κ2) is 11.8. The van der Waals surface area contributed by atoms with E-state index in [-0.39, 0.29) is 35.2 Å². The van der Waals surface area contributed by atoms with Crippen molar-refractivity contribution in [2.75, 3.05) is 30.3 Å². The van der Waals surface area contributed by atoms with Gasteiger partial charge in [0.25, 0.3) is 5.91 Å². The monoisotopic (exact) mass is 535 g/mol. The Kier molecular flexibility index (Phi) is 8.06. The van der Waals surface area contributed by atoms with Gasteiger partial charge in [-0.3, -0.25) is 9.59 Å². The molecular weight excluding hydrogens is 501 g/mol. The third kappa shape index (κ3) is 6.36. The number of fused-ring (bicyclic) bond motifs is 1. The fourth-order valence-corrected chi connectivity index (χ4v) is 5.16. The van der Waals surface area contributed by atoms with Gasteiger partial charge in [-0.2, -0.15) is 0 Å². The third-order valence-corrected chi connectivity index (χ3v) is 7.30. The summed E-state index contributed by atoms with van der Waals surface area (Å²) in [6, 6.07) is 10.0. The number of halogens is 1. The van der Waals surface area contributed by atoms with Crippen LogP contribution in [0, 0.1) is 5.82 Å². The van der Waals surface area contributed by atoms with Crippen LogP contribution in [-0.4, -0.2) is 58.5 Å². The molecule has 2 aliphatic rings.